The average Bonchev–Trinajstić information content (AvgIpc) is 2.48. The summed E-state index contributed by atoms with van der Waals surface area (Å²) in [5.41, 5.74) is 4.44. The molecule has 0 radical (unpaired) electrons. The normalized spacial score (nSPS) is 17.8. The van der Waals surface area contributed by atoms with E-state index in [1.165, 1.54) is 36.0 Å². The minimum atomic E-state index is 0.640. The molecule has 0 aliphatic heterocycles. The van der Waals surface area contributed by atoms with Gasteiger partial charge in [-0.1, -0.05) is 36.4 Å². The predicted molar refractivity (Wildman–Crippen MR) is 78.8 cm³/mol. The molecule has 3 rings (SSSR count). The summed E-state index contributed by atoms with van der Waals surface area (Å²) in [6, 6.07) is 17.4. The average molecular weight is 252 g/mol. The molecule has 0 amide bonds. The van der Waals surface area contributed by atoms with Crippen molar-refractivity contribution in [2.24, 2.45) is 0 Å². The van der Waals surface area contributed by atoms with Crippen LogP contribution in [-0.4, -0.2) is 7.11 Å². The van der Waals surface area contributed by atoms with Gasteiger partial charge in [0.2, 0.25) is 0 Å². The van der Waals surface area contributed by atoms with E-state index in [1.807, 2.05) is 0 Å². The molecule has 0 N–H and O–H groups in total. The first-order valence-corrected chi connectivity index (χ1v) is 7.07. The summed E-state index contributed by atoms with van der Waals surface area (Å²) in [7, 11) is 1.75. The Morgan fingerprint density at radius 2 is 1.95 bits per heavy atom. The van der Waals surface area contributed by atoms with Gasteiger partial charge in [-0.3, -0.25) is 0 Å². The Morgan fingerprint density at radius 1 is 1.11 bits per heavy atom. The van der Waals surface area contributed by atoms with Crippen LogP contribution in [0.2, 0.25) is 0 Å². The van der Waals surface area contributed by atoms with Crippen LogP contribution in [0.25, 0.3) is 0 Å². The third kappa shape index (κ3) is 2.65. The first-order valence-electron chi connectivity index (χ1n) is 7.07. The van der Waals surface area contributed by atoms with Crippen LogP contribution in [0.3, 0.4) is 0 Å². The van der Waals surface area contributed by atoms with E-state index in [1.54, 1.807) is 7.11 Å². The molecule has 1 atom stereocenters. The van der Waals surface area contributed by atoms with Gasteiger partial charge in [-0.25, -0.2) is 0 Å². The van der Waals surface area contributed by atoms with Crippen molar-refractivity contribution >= 4 is 0 Å². The first kappa shape index (κ1) is 12.3. The highest BCUT2D eigenvalue weighted by atomic mass is 16.5. The molecule has 1 aliphatic carbocycles. The number of benzene rings is 2. The van der Waals surface area contributed by atoms with Gasteiger partial charge in [-0.2, -0.15) is 0 Å². The molecule has 0 fully saturated rings. The molecule has 0 heterocycles. The summed E-state index contributed by atoms with van der Waals surface area (Å²) < 4.78 is 5.38. The van der Waals surface area contributed by atoms with E-state index in [9.17, 15) is 0 Å². The summed E-state index contributed by atoms with van der Waals surface area (Å²) in [6.07, 6.45) is 4.94. The summed E-state index contributed by atoms with van der Waals surface area (Å²) in [6.45, 7) is 0. The van der Waals surface area contributed by atoms with Gasteiger partial charge in [0.1, 0.15) is 5.75 Å². The Hall–Kier alpha value is -1.76. The van der Waals surface area contributed by atoms with Gasteiger partial charge in [-0.15, -0.1) is 0 Å². The summed E-state index contributed by atoms with van der Waals surface area (Å²) in [5, 5.41) is 0. The number of ether oxygens (including phenoxy) is 1. The minimum absolute atomic E-state index is 0.640. The topological polar surface area (TPSA) is 9.23 Å². The van der Waals surface area contributed by atoms with Gasteiger partial charge >= 0.3 is 0 Å². The Balaban J connectivity index is 1.89. The molecule has 1 aliphatic rings. The number of methoxy groups -OCH3 is 1. The molecule has 1 nitrogen and oxygen atoms in total. The zero-order valence-corrected chi connectivity index (χ0v) is 11.4. The molecule has 0 aromatic heterocycles. The van der Waals surface area contributed by atoms with Crippen molar-refractivity contribution in [1.29, 1.82) is 0 Å². The number of aryl methyl sites for hydroxylation is 1. The van der Waals surface area contributed by atoms with Crippen LogP contribution < -0.4 is 4.74 Å². The van der Waals surface area contributed by atoms with Gasteiger partial charge < -0.3 is 4.74 Å². The quantitative estimate of drug-likeness (QED) is 0.788. The molecule has 0 unspecified atom stereocenters. The fraction of sp³-hybridized carbons (Fsp3) is 0.333. The predicted octanol–water partition coefficient (Wildman–Crippen LogP) is 4.36. The van der Waals surface area contributed by atoms with Crippen molar-refractivity contribution < 1.29 is 4.74 Å². The van der Waals surface area contributed by atoms with E-state index < -0.39 is 0 Å². The maximum absolute atomic E-state index is 5.38. The zero-order valence-electron chi connectivity index (χ0n) is 11.4. The second kappa shape index (κ2) is 5.48. The van der Waals surface area contributed by atoms with Crippen LogP contribution in [0.4, 0.5) is 0 Å². The lowest BCUT2D eigenvalue weighted by atomic mass is 9.79. The SMILES string of the molecule is COc1ccc2c(c1)[C@@H](Cc1ccccc1)CCC2. The molecular weight excluding hydrogens is 232 g/mol. The largest absolute Gasteiger partial charge is 0.497 e. The number of hydrogen-bond acceptors (Lipinski definition) is 1. The molecule has 1 heteroatoms. The van der Waals surface area contributed by atoms with Crippen LogP contribution in [-0.2, 0) is 12.8 Å². The highest BCUT2D eigenvalue weighted by Crippen LogP contribution is 2.36. The lowest BCUT2D eigenvalue weighted by Crippen LogP contribution is -2.12. The van der Waals surface area contributed by atoms with Gasteiger partial charge in [0.05, 0.1) is 7.11 Å². The second-order valence-electron chi connectivity index (χ2n) is 5.34. The van der Waals surface area contributed by atoms with E-state index >= 15 is 0 Å². The summed E-state index contributed by atoms with van der Waals surface area (Å²) in [4.78, 5) is 0. The van der Waals surface area contributed by atoms with Crippen molar-refractivity contribution in [1.82, 2.24) is 0 Å². The van der Waals surface area contributed by atoms with Crippen LogP contribution in [0.5, 0.6) is 5.75 Å². The smallest absolute Gasteiger partial charge is 0.119 e. The van der Waals surface area contributed by atoms with E-state index in [0.717, 1.165) is 12.2 Å². The highest BCUT2D eigenvalue weighted by molar-refractivity contribution is 5.40. The molecule has 19 heavy (non-hydrogen) atoms. The maximum Gasteiger partial charge on any atom is 0.119 e. The number of hydrogen-bond donors (Lipinski definition) is 0. The molecule has 0 bridgehead atoms. The van der Waals surface area contributed by atoms with Gasteiger partial charge in [-0.05, 0) is 60.4 Å². The van der Waals surface area contributed by atoms with Gasteiger partial charge in [0, 0.05) is 0 Å². The lowest BCUT2D eigenvalue weighted by Gasteiger charge is -2.26. The Labute approximate surface area is 115 Å². The summed E-state index contributed by atoms with van der Waals surface area (Å²) >= 11 is 0. The van der Waals surface area contributed by atoms with Crippen LogP contribution in [0.1, 0.15) is 35.4 Å². The molecule has 0 saturated heterocycles. The van der Waals surface area contributed by atoms with E-state index in [0.29, 0.717) is 5.92 Å². The molecule has 2 aromatic rings. The Morgan fingerprint density at radius 3 is 2.74 bits per heavy atom. The molecule has 2 aromatic carbocycles. The van der Waals surface area contributed by atoms with E-state index in [4.69, 9.17) is 4.74 Å². The monoisotopic (exact) mass is 252 g/mol. The second-order valence-corrected chi connectivity index (χ2v) is 5.34. The molecule has 0 spiro atoms. The summed E-state index contributed by atoms with van der Waals surface area (Å²) in [5.74, 6) is 1.62. The van der Waals surface area contributed by atoms with Gasteiger partial charge in [0.25, 0.3) is 0 Å². The Kier molecular flexibility index (Phi) is 3.54. The fourth-order valence-corrected chi connectivity index (χ4v) is 3.11. The highest BCUT2D eigenvalue weighted by Gasteiger charge is 2.20. The number of rotatable bonds is 3. The van der Waals surface area contributed by atoms with Crippen molar-refractivity contribution in [2.75, 3.05) is 7.11 Å². The third-order valence-corrected chi connectivity index (χ3v) is 4.12. The van der Waals surface area contributed by atoms with Crippen molar-refractivity contribution in [2.45, 2.75) is 31.6 Å². The van der Waals surface area contributed by atoms with Crippen molar-refractivity contribution in [3.63, 3.8) is 0 Å². The van der Waals surface area contributed by atoms with Crippen LogP contribution >= 0.6 is 0 Å². The van der Waals surface area contributed by atoms with Crippen molar-refractivity contribution in [3.05, 3.63) is 65.2 Å². The lowest BCUT2D eigenvalue weighted by molar-refractivity contribution is 0.412. The van der Waals surface area contributed by atoms with E-state index in [2.05, 4.69) is 48.5 Å². The van der Waals surface area contributed by atoms with Crippen LogP contribution in [0.15, 0.2) is 48.5 Å². The van der Waals surface area contributed by atoms with Gasteiger partial charge in [0.15, 0.2) is 0 Å². The maximum atomic E-state index is 5.38. The zero-order chi connectivity index (χ0) is 13.1. The third-order valence-electron chi connectivity index (χ3n) is 4.12. The fourth-order valence-electron chi connectivity index (χ4n) is 3.11. The minimum Gasteiger partial charge on any atom is -0.497 e. The standard InChI is InChI=1S/C18H20O/c1-19-17-11-10-15-8-5-9-16(18(15)13-17)12-14-6-3-2-4-7-14/h2-4,6-7,10-11,13,16H,5,8-9,12H2,1H3/t16-/m1/s1. The van der Waals surface area contributed by atoms with Crippen LogP contribution in [0, 0.1) is 0 Å². The molecule has 0 saturated carbocycles. The van der Waals surface area contributed by atoms with E-state index in [-0.39, 0.29) is 0 Å². The Bertz CT molecular complexity index is 545. The molecule has 98 valence electrons. The first-order chi connectivity index (χ1) is 9.36. The van der Waals surface area contributed by atoms with Crippen molar-refractivity contribution in [3.8, 4) is 5.75 Å². The number of fused-ring (bicyclic) bond motifs is 1. The molecular formula is C18H20O.